The number of anilines is 2. The first-order valence-corrected chi connectivity index (χ1v) is 13.7. The second-order valence-corrected chi connectivity index (χ2v) is 10.1. The minimum absolute atomic E-state index is 0.0802. The minimum atomic E-state index is -0.513. The van der Waals surface area contributed by atoms with Crippen LogP contribution < -0.4 is 15.4 Å². The molecule has 0 saturated heterocycles. The summed E-state index contributed by atoms with van der Waals surface area (Å²) < 4.78 is 5.71. The summed E-state index contributed by atoms with van der Waals surface area (Å²) in [4.78, 5) is 37.1. The van der Waals surface area contributed by atoms with Crippen LogP contribution in [0.3, 0.4) is 0 Å². The molecule has 0 saturated carbocycles. The van der Waals surface area contributed by atoms with Crippen LogP contribution in [-0.2, 0) is 4.79 Å². The Morgan fingerprint density at radius 2 is 1.48 bits per heavy atom. The molecule has 0 fully saturated rings. The summed E-state index contributed by atoms with van der Waals surface area (Å²) in [5.41, 5.74) is 2.34. The number of ether oxygens (including phenoxy) is 1. The summed E-state index contributed by atoms with van der Waals surface area (Å²) in [6, 6.07) is 29.5. The van der Waals surface area contributed by atoms with Crippen LogP contribution in [-0.4, -0.2) is 23.3 Å². The molecule has 2 amide bonds. The molecule has 0 bridgehead atoms. The lowest BCUT2D eigenvalue weighted by molar-refractivity contribution is -0.384. The Hall–Kier alpha value is -4.63. The molecule has 0 radical (unpaired) electrons. The van der Waals surface area contributed by atoms with Crippen LogP contribution in [0.5, 0.6) is 5.75 Å². The van der Waals surface area contributed by atoms with E-state index in [9.17, 15) is 19.7 Å². The van der Waals surface area contributed by atoms with E-state index in [4.69, 9.17) is 4.74 Å². The Bertz CT molecular complexity index is 1430. The molecule has 1 atom stereocenters. The van der Waals surface area contributed by atoms with Gasteiger partial charge in [0.15, 0.2) is 0 Å². The number of hydrogen-bond donors (Lipinski definition) is 2. The number of non-ortho nitro benzene ring substituents is 1. The van der Waals surface area contributed by atoms with Crippen molar-refractivity contribution < 1.29 is 19.2 Å². The van der Waals surface area contributed by atoms with Crippen molar-refractivity contribution in [2.24, 2.45) is 0 Å². The SMILES string of the molecule is CCCCOc1ccc(NC(=O)C(Sc2ccc(NC(=O)c3ccc([N+](=O)[O-])cc3)cc2)c2ccccc2)cc1. The maximum Gasteiger partial charge on any atom is 0.269 e. The van der Waals surface area contributed by atoms with E-state index >= 15 is 0 Å². The standard InChI is InChI=1S/C31H29N3O5S/c1-2-3-21-39-27-17-11-24(12-18-27)33-31(36)29(22-7-5-4-6-8-22)40-28-19-13-25(14-20-28)32-30(35)23-9-15-26(16-10-23)34(37)38/h4-20,29H,2-3,21H2,1H3,(H,32,35)(H,33,36). The van der Waals surface area contributed by atoms with Crippen LogP contribution in [0.25, 0.3) is 0 Å². The molecule has 1 unspecified atom stereocenters. The largest absolute Gasteiger partial charge is 0.494 e. The third kappa shape index (κ3) is 7.94. The molecule has 0 spiro atoms. The number of amides is 2. The molecule has 0 aliphatic heterocycles. The topological polar surface area (TPSA) is 111 Å². The Morgan fingerprint density at radius 1 is 0.850 bits per heavy atom. The van der Waals surface area contributed by atoms with Crippen molar-refractivity contribution in [3.8, 4) is 5.75 Å². The second kappa shape index (κ2) is 14.0. The van der Waals surface area contributed by atoms with E-state index in [1.165, 1.54) is 36.0 Å². The van der Waals surface area contributed by atoms with Gasteiger partial charge in [0.1, 0.15) is 11.0 Å². The van der Waals surface area contributed by atoms with Crippen molar-refractivity contribution in [2.75, 3.05) is 17.2 Å². The predicted molar refractivity (Wildman–Crippen MR) is 158 cm³/mol. The number of carbonyl (C=O) groups is 2. The Kier molecular flexibility index (Phi) is 9.90. The first-order valence-electron chi connectivity index (χ1n) is 12.8. The highest BCUT2D eigenvalue weighted by Gasteiger charge is 2.22. The van der Waals surface area contributed by atoms with Crippen LogP contribution in [0.15, 0.2) is 108 Å². The summed E-state index contributed by atoms with van der Waals surface area (Å²) in [5.74, 6) is 0.228. The highest BCUT2D eigenvalue weighted by atomic mass is 32.2. The lowest BCUT2D eigenvalue weighted by atomic mass is 10.1. The van der Waals surface area contributed by atoms with Crippen molar-refractivity contribution in [1.29, 1.82) is 0 Å². The van der Waals surface area contributed by atoms with Gasteiger partial charge < -0.3 is 15.4 Å². The van der Waals surface area contributed by atoms with Gasteiger partial charge in [-0.1, -0.05) is 43.7 Å². The molecule has 9 heteroatoms. The van der Waals surface area contributed by atoms with Gasteiger partial charge in [0, 0.05) is 34.0 Å². The average Bonchev–Trinajstić information content (AvgIpc) is 2.98. The zero-order valence-corrected chi connectivity index (χ0v) is 22.7. The van der Waals surface area contributed by atoms with Gasteiger partial charge in [-0.05, 0) is 72.6 Å². The summed E-state index contributed by atoms with van der Waals surface area (Å²) in [6.07, 6.45) is 2.05. The number of nitrogens with one attached hydrogen (secondary N) is 2. The van der Waals surface area contributed by atoms with E-state index in [-0.39, 0.29) is 17.5 Å². The number of benzene rings is 4. The lowest BCUT2D eigenvalue weighted by Crippen LogP contribution is -2.19. The summed E-state index contributed by atoms with van der Waals surface area (Å²) in [7, 11) is 0. The van der Waals surface area contributed by atoms with Crippen molar-refractivity contribution in [3.63, 3.8) is 0 Å². The Balaban J connectivity index is 1.42. The Morgan fingerprint density at radius 3 is 2.10 bits per heavy atom. The number of rotatable bonds is 12. The third-order valence-corrected chi connectivity index (χ3v) is 7.20. The first-order chi connectivity index (χ1) is 19.4. The normalized spacial score (nSPS) is 11.3. The fourth-order valence-electron chi connectivity index (χ4n) is 3.77. The summed E-state index contributed by atoms with van der Waals surface area (Å²) in [5, 5.41) is 16.1. The molecule has 40 heavy (non-hydrogen) atoms. The summed E-state index contributed by atoms with van der Waals surface area (Å²) in [6.45, 7) is 2.77. The molecule has 0 aromatic heterocycles. The number of unbranched alkanes of at least 4 members (excludes halogenated alkanes) is 1. The fraction of sp³-hybridized carbons (Fsp3) is 0.161. The highest BCUT2D eigenvalue weighted by molar-refractivity contribution is 8.00. The van der Waals surface area contributed by atoms with Crippen LogP contribution in [0, 0.1) is 10.1 Å². The molecule has 0 heterocycles. The zero-order chi connectivity index (χ0) is 28.3. The number of nitrogens with zero attached hydrogens (tertiary/aromatic N) is 1. The average molecular weight is 556 g/mol. The number of nitro benzene ring substituents is 1. The predicted octanol–water partition coefficient (Wildman–Crippen LogP) is 7.50. The van der Waals surface area contributed by atoms with Crippen molar-refractivity contribution in [2.45, 2.75) is 29.9 Å². The first kappa shape index (κ1) is 28.4. The van der Waals surface area contributed by atoms with Gasteiger partial charge in [-0.2, -0.15) is 0 Å². The molecule has 0 aliphatic rings. The van der Waals surface area contributed by atoms with E-state index in [0.29, 0.717) is 23.5 Å². The van der Waals surface area contributed by atoms with E-state index in [1.807, 2.05) is 66.7 Å². The monoisotopic (exact) mass is 555 g/mol. The van der Waals surface area contributed by atoms with Gasteiger partial charge in [0.05, 0.1) is 11.5 Å². The zero-order valence-electron chi connectivity index (χ0n) is 21.9. The second-order valence-electron chi connectivity index (χ2n) is 8.91. The van der Waals surface area contributed by atoms with Crippen molar-refractivity contribution in [1.82, 2.24) is 0 Å². The number of hydrogen-bond acceptors (Lipinski definition) is 6. The van der Waals surface area contributed by atoms with Gasteiger partial charge in [0.25, 0.3) is 11.6 Å². The molecule has 4 aromatic rings. The molecular formula is C31H29N3O5S. The number of nitro groups is 1. The Labute approximate surface area is 236 Å². The van der Waals surface area contributed by atoms with E-state index in [2.05, 4.69) is 17.6 Å². The van der Waals surface area contributed by atoms with Crippen molar-refractivity contribution in [3.05, 3.63) is 124 Å². The third-order valence-electron chi connectivity index (χ3n) is 5.94. The van der Waals surface area contributed by atoms with Gasteiger partial charge in [0.2, 0.25) is 5.91 Å². The fourth-order valence-corrected chi connectivity index (χ4v) is 4.79. The molecule has 2 N–H and O–H groups in total. The van der Waals surface area contributed by atoms with Gasteiger partial charge in [-0.3, -0.25) is 19.7 Å². The summed E-state index contributed by atoms with van der Waals surface area (Å²) >= 11 is 1.40. The molecule has 8 nitrogen and oxygen atoms in total. The van der Waals surface area contributed by atoms with Crippen LogP contribution >= 0.6 is 11.8 Å². The van der Waals surface area contributed by atoms with E-state index in [1.54, 1.807) is 12.1 Å². The lowest BCUT2D eigenvalue weighted by Gasteiger charge is -2.18. The van der Waals surface area contributed by atoms with Crippen LogP contribution in [0.4, 0.5) is 17.1 Å². The van der Waals surface area contributed by atoms with Crippen LogP contribution in [0.1, 0.15) is 40.9 Å². The molecule has 204 valence electrons. The number of carbonyl (C=O) groups excluding carboxylic acids is 2. The van der Waals surface area contributed by atoms with Gasteiger partial charge in [-0.25, -0.2) is 0 Å². The van der Waals surface area contributed by atoms with Gasteiger partial charge >= 0.3 is 0 Å². The molecule has 0 aliphatic carbocycles. The number of thioether (sulfide) groups is 1. The smallest absolute Gasteiger partial charge is 0.269 e. The quantitative estimate of drug-likeness (QED) is 0.0811. The minimum Gasteiger partial charge on any atom is -0.494 e. The van der Waals surface area contributed by atoms with Crippen molar-refractivity contribution >= 4 is 40.6 Å². The maximum absolute atomic E-state index is 13.4. The molecule has 4 rings (SSSR count). The molecule has 4 aromatic carbocycles. The van der Waals surface area contributed by atoms with E-state index < -0.39 is 10.2 Å². The highest BCUT2D eigenvalue weighted by Crippen LogP contribution is 2.37. The molecular weight excluding hydrogens is 526 g/mol. The maximum atomic E-state index is 13.4. The van der Waals surface area contributed by atoms with E-state index in [0.717, 1.165) is 29.1 Å². The van der Waals surface area contributed by atoms with Gasteiger partial charge in [-0.15, -0.1) is 11.8 Å². The van der Waals surface area contributed by atoms with Crippen LogP contribution in [0.2, 0.25) is 0 Å².